The second-order valence-corrected chi connectivity index (χ2v) is 8.43. The van der Waals surface area contributed by atoms with Gasteiger partial charge in [0, 0.05) is 19.6 Å². The molecule has 0 aliphatic heterocycles. The van der Waals surface area contributed by atoms with E-state index in [1.54, 1.807) is 11.6 Å². The minimum atomic E-state index is -3.70. The van der Waals surface area contributed by atoms with Gasteiger partial charge in [-0.25, -0.2) is 8.42 Å². The smallest absolute Gasteiger partial charge is 0.247 e. The summed E-state index contributed by atoms with van der Waals surface area (Å²) in [5, 5.41) is 4.40. The maximum absolute atomic E-state index is 13.6. The zero-order valence-electron chi connectivity index (χ0n) is 16.0. The molecule has 3 rings (SSSR count). The lowest BCUT2D eigenvalue weighted by Gasteiger charge is -2.23. The van der Waals surface area contributed by atoms with Crippen LogP contribution >= 0.6 is 0 Å². The molecular weight excluding hydrogens is 358 g/mol. The quantitative estimate of drug-likeness (QED) is 0.621. The van der Waals surface area contributed by atoms with Crippen molar-refractivity contribution in [3.05, 3.63) is 83.2 Å². The minimum absolute atomic E-state index is 0.314. The Morgan fingerprint density at radius 3 is 1.78 bits per heavy atom. The van der Waals surface area contributed by atoms with Gasteiger partial charge in [-0.15, -0.1) is 0 Å². The molecule has 142 valence electrons. The van der Waals surface area contributed by atoms with Crippen LogP contribution in [0.25, 0.3) is 0 Å². The van der Waals surface area contributed by atoms with Gasteiger partial charge in [0.1, 0.15) is 4.90 Å². The van der Waals surface area contributed by atoms with Crippen molar-refractivity contribution in [3.8, 4) is 0 Å². The second kappa shape index (κ2) is 8.06. The fourth-order valence-electron chi connectivity index (χ4n) is 3.29. The second-order valence-electron chi connectivity index (χ2n) is 6.56. The lowest BCUT2D eigenvalue weighted by Crippen LogP contribution is -2.31. The molecule has 0 aliphatic carbocycles. The van der Waals surface area contributed by atoms with Crippen LogP contribution in [0.2, 0.25) is 0 Å². The van der Waals surface area contributed by atoms with Crippen molar-refractivity contribution >= 4 is 10.0 Å². The van der Waals surface area contributed by atoms with Crippen molar-refractivity contribution in [2.75, 3.05) is 0 Å². The van der Waals surface area contributed by atoms with Crippen LogP contribution in [0.5, 0.6) is 0 Å². The molecule has 0 saturated carbocycles. The molecule has 3 aromatic rings. The summed E-state index contributed by atoms with van der Waals surface area (Å²) in [6.45, 7) is 6.80. The fourth-order valence-corrected chi connectivity index (χ4v) is 5.08. The average Bonchev–Trinajstić information content (AvgIpc) is 2.97. The fraction of sp³-hybridized carbons (Fsp3) is 0.286. The van der Waals surface area contributed by atoms with Crippen molar-refractivity contribution in [2.45, 2.75) is 45.3 Å². The maximum atomic E-state index is 13.6. The van der Waals surface area contributed by atoms with E-state index < -0.39 is 10.0 Å². The molecule has 0 spiro atoms. The third kappa shape index (κ3) is 4.12. The average molecular weight is 384 g/mol. The van der Waals surface area contributed by atoms with Crippen molar-refractivity contribution in [2.24, 2.45) is 0 Å². The number of aromatic nitrogens is 2. The zero-order chi connectivity index (χ0) is 19.4. The first kappa shape index (κ1) is 19.3. The van der Waals surface area contributed by atoms with E-state index in [0.29, 0.717) is 35.9 Å². The molecule has 1 aromatic heterocycles. The minimum Gasteiger partial charge on any atom is -0.268 e. The van der Waals surface area contributed by atoms with Crippen LogP contribution in [0, 0.1) is 13.8 Å². The van der Waals surface area contributed by atoms with Gasteiger partial charge in [0.2, 0.25) is 10.0 Å². The number of nitrogens with zero attached hydrogens (tertiary/aromatic N) is 3. The zero-order valence-corrected chi connectivity index (χ0v) is 16.8. The normalized spacial score (nSPS) is 11.9. The van der Waals surface area contributed by atoms with Gasteiger partial charge in [0.25, 0.3) is 0 Å². The van der Waals surface area contributed by atoms with Crippen LogP contribution < -0.4 is 0 Å². The van der Waals surface area contributed by atoms with Crippen LogP contribution in [0.4, 0.5) is 0 Å². The van der Waals surface area contributed by atoms with Gasteiger partial charge in [-0.3, -0.25) is 4.68 Å². The Hall–Kier alpha value is -2.44. The summed E-state index contributed by atoms with van der Waals surface area (Å²) in [4.78, 5) is 0.316. The molecule has 6 heteroatoms. The first-order valence-electron chi connectivity index (χ1n) is 9.05. The molecule has 0 radical (unpaired) electrons. The molecule has 0 N–H and O–H groups in total. The van der Waals surface area contributed by atoms with E-state index in [0.717, 1.165) is 11.1 Å². The van der Waals surface area contributed by atoms with Crippen molar-refractivity contribution in [3.63, 3.8) is 0 Å². The first-order valence-corrected chi connectivity index (χ1v) is 10.5. The highest BCUT2D eigenvalue weighted by Gasteiger charge is 2.31. The summed E-state index contributed by atoms with van der Waals surface area (Å²) in [5.74, 6) is 0. The van der Waals surface area contributed by atoms with Crippen LogP contribution in [0.3, 0.4) is 0 Å². The summed E-state index contributed by atoms with van der Waals surface area (Å²) in [6, 6.07) is 19.3. The lowest BCUT2D eigenvalue weighted by molar-refractivity contribution is 0.400. The number of aryl methyl sites for hydroxylation is 2. The standard InChI is InChI=1S/C21H25N3O2S/c1-4-24-18(3)21(17(2)22-24)27(25,26)23(15-19-11-7-5-8-12-19)16-20-13-9-6-10-14-20/h5-14H,4,15-16H2,1-3H3. The molecule has 0 bridgehead atoms. The number of rotatable bonds is 7. The van der Waals surface area contributed by atoms with Crippen LogP contribution in [0.1, 0.15) is 29.4 Å². The Morgan fingerprint density at radius 1 is 0.889 bits per heavy atom. The van der Waals surface area contributed by atoms with Crippen LogP contribution in [-0.2, 0) is 29.7 Å². The Morgan fingerprint density at radius 2 is 1.37 bits per heavy atom. The Balaban J connectivity index is 2.04. The Labute approximate surface area is 161 Å². The molecule has 0 aliphatic rings. The molecular formula is C21H25N3O2S. The molecule has 0 saturated heterocycles. The lowest BCUT2D eigenvalue weighted by atomic mass is 10.2. The predicted octanol–water partition coefficient (Wildman–Crippen LogP) is 3.91. The number of benzene rings is 2. The van der Waals surface area contributed by atoms with Gasteiger partial charge < -0.3 is 0 Å². The molecule has 0 amide bonds. The molecule has 5 nitrogen and oxygen atoms in total. The SMILES string of the molecule is CCn1nc(C)c(S(=O)(=O)N(Cc2ccccc2)Cc2ccccc2)c1C. The third-order valence-electron chi connectivity index (χ3n) is 4.62. The van der Waals surface area contributed by atoms with E-state index in [2.05, 4.69) is 5.10 Å². The van der Waals surface area contributed by atoms with Crippen molar-refractivity contribution in [1.29, 1.82) is 0 Å². The van der Waals surface area contributed by atoms with E-state index in [1.807, 2.05) is 74.5 Å². The third-order valence-corrected chi connectivity index (χ3v) is 6.66. The summed E-state index contributed by atoms with van der Waals surface area (Å²) in [7, 11) is -3.70. The molecule has 0 fully saturated rings. The highest BCUT2D eigenvalue weighted by atomic mass is 32.2. The molecule has 27 heavy (non-hydrogen) atoms. The van der Waals surface area contributed by atoms with E-state index >= 15 is 0 Å². The Kier molecular flexibility index (Phi) is 5.77. The summed E-state index contributed by atoms with van der Waals surface area (Å²) in [6.07, 6.45) is 0. The molecule has 0 atom stereocenters. The van der Waals surface area contributed by atoms with Gasteiger partial charge in [-0.05, 0) is 31.9 Å². The highest BCUT2D eigenvalue weighted by molar-refractivity contribution is 7.89. The van der Waals surface area contributed by atoms with Crippen molar-refractivity contribution in [1.82, 2.24) is 14.1 Å². The highest BCUT2D eigenvalue weighted by Crippen LogP contribution is 2.26. The van der Waals surface area contributed by atoms with Gasteiger partial charge in [-0.2, -0.15) is 9.40 Å². The number of hydrogen-bond donors (Lipinski definition) is 0. The van der Waals surface area contributed by atoms with Gasteiger partial charge in [0.05, 0.1) is 11.4 Å². The molecule has 2 aromatic carbocycles. The van der Waals surface area contributed by atoms with Crippen molar-refractivity contribution < 1.29 is 8.42 Å². The summed E-state index contributed by atoms with van der Waals surface area (Å²) < 4.78 is 30.4. The monoisotopic (exact) mass is 383 g/mol. The van der Waals surface area contributed by atoms with E-state index in [1.165, 1.54) is 4.31 Å². The number of hydrogen-bond acceptors (Lipinski definition) is 3. The first-order chi connectivity index (χ1) is 12.9. The van der Waals surface area contributed by atoms with Gasteiger partial charge in [0.15, 0.2) is 0 Å². The van der Waals surface area contributed by atoms with E-state index in [-0.39, 0.29) is 0 Å². The maximum Gasteiger partial charge on any atom is 0.247 e. The number of sulfonamides is 1. The largest absolute Gasteiger partial charge is 0.268 e. The molecule has 1 heterocycles. The van der Waals surface area contributed by atoms with Gasteiger partial charge in [-0.1, -0.05) is 60.7 Å². The Bertz CT molecular complexity index is 955. The van der Waals surface area contributed by atoms with Crippen LogP contribution in [-0.4, -0.2) is 22.5 Å². The summed E-state index contributed by atoms with van der Waals surface area (Å²) in [5.41, 5.74) is 3.13. The predicted molar refractivity (Wildman–Crippen MR) is 107 cm³/mol. The van der Waals surface area contributed by atoms with E-state index in [9.17, 15) is 8.42 Å². The van der Waals surface area contributed by atoms with E-state index in [4.69, 9.17) is 0 Å². The van der Waals surface area contributed by atoms with Gasteiger partial charge >= 0.3 is 0 Å². The topological polar surface area (TPSA) is 55.2 Å². The molecule has 0 unspecified atom stereocenters. The summed E-state index contributed by atoms with van der Waals surface area (Å²) >= 11 is 0. The van der Waals surface area contributed by atoms with Crippen LogP contribution in [0.15, 0.2) is 65.6 Å².